The number of likely N-dealkylation sites (N-methyl/N-ethyl adjacent to an activating group) is 1. The smallest absolute Gasteiger partial charge is 0.338 e. The first-order chi connectivity index (χ1) is 18.9. The van der Waals surface area contributed by atoms with Crippen molar-refractivity contribution in [1.29, 1.82) is 0 Å². The van der Waals surface area contributed by atoms with Gasteiger partial charge in [0.25, 0.3) is 5.91 Å². The number of hydrogen-bond donors (Lipinski definition) is 1. The molecule has 2 heterocycles. The summed E-state index contributed by atoms with van der Waals surface area (Å²) >= 11 is 0. The zero-order valence-corrected chi connectivity index (χ0v) is 22.6. The number of benzene rings is 2. The number of esters is 1. The van der Waals surface area contributed by atoms with Crippen LogP contribution in [0.3, 0.4) is 0 Å². The van der Waals surface area contributed by atoms with Gasteiger partial charge in [-0.05, 0) is 62.2 Å². The van der Waals surface area contributed by atoms with E-state index in [1.54, 1.807) is 50.4 Å². The van der Waals surface area contributed by atoms with Crippen molar-refractivity contribution >= 4 is 17.9 Å². The maximum Gasteiger partial charge on any atom is 0.338 e. The molecule has 1 saturated heterocycles. The fraction of sp³-hybridized carbons (Fsp3) is 0.414. The predicted molar refractivity (Wildman–Crippen MR) is 144 cm³/mol. The van der Waals surface area contributed by atoms with Crippen LogP contribution < -0.4 is 10.1 Å². The van der Waals surface area contributed by atoms with Crippen LogP contribution in [0.5, 0.6) is 5.75 Å². The van der Waals surface area contributed by atoms with E-state index in [0.29, 0.717) is 67.4 Å². The number of urea groups is 1. The first-order valence-corrected chi connectivity index (χ1v) is 13.3. The molecule has 0 aliphatic carbocycles. The molecule has 1 unspecified atom stereocenters. The summed E-state index contributed by atoms with van der Waals surface area (Å²) in [5.41, 5.74) is 1.88. The summed E-state index contributed by atoms with van der Waals surface area (Å²) < 4.78 is 24.7. The summed E-state index contributed by atoms with van der Waals surface area (Å²) in [6.07, 6.45) is 0.732. The standard InChI is InChI=1S/C29H35FN4O5/c1-4-34-24(25(28(36)39-5-2)26(31-29(34)37)21-8-6-9-22(30)18-21)19-32-14-7-15-33(17-16-32)27(35)20-10-12-23(38-3)13-11-20/h6,8-13,18,26H,4-5,7,14-17,19H2,1-3H3,(H,31,37). The maximum atomic E-state index is 14.1. The molecule has 4 rings (SSSR count). The Morgan fingerprint density at radius 2 is 1.82 bits per heavy atom. The van der Waals surface area contributed by atoms with Gasteiger partial charge in [-0.25, -0.2) is 14.0 Å². The minimum atomic E-state index is -0.842. The highest BCUT2D eigenvalue weighted by Crippen LogP contribution is 2.32. The van der Waals surface area contributed by atoms with E-state index >= 15 is 0 Å². The van der Waals surface area contributed by atoms with Gasteiger partial charge in [0.05, 0.1) is 25.3 Å². The molecule has 0 bridgehead atoms. The SMILES string of the molecule is CCOC(=O)C1=C(CN2CCCN(C(=O)c3ccc(OC)cc3)CC2)N(CC)C(=O)NC1c1cccc(F)c1. The highest BCUT2D eigenvalue weighted by atomic mass is 19.1. The van der Waals surface area contributed by atoms with E-state index in [2.05, 4.69) is 10.2 Å². The highest BCUT2D eigenvalue weighted by molar-refractivity contribution is 5.95. The van der Waals surface area contributed by atoms with Gasteiger partial charge in [0.2, 0.25) is 0 Å². The number of rotatable bonds is 8. The van der Waals surface area contributed by atoms with Gasteiger partial charge in [0.15, 0.2) is 0 Å². The van der Waals surface area contributed by atoms with E-state index in [0.717, 1.165) is 6.42 Å². The van der Waals surface area contributed by atoms with Crippen LogP contribution >= 0.6 is 0 Å². The molecule has 1 fully saturated rings. The van der Waals surface area contributed by atoms with Gasteiger partial charge >= 0.3 is 12.0 Å². The Bertz CT molecular complexity index is 1230. The second-order valence-corrected chi connectivity index (χ2v) is 9.41. The summed E-state index contributed by atoms with van der Waals surface area (Å²) in [5.74, 6) is -0.373. The van der Waals surface area contributed by atoms with E-state index in [9.17, 15) is 18.8 Å². The predicted octanol–water partition coefficient (Wildman–Crippen LogP) is 3.59. The van der Waals surface area contributed by atoms with Gasteiger partial charge in [-0.1, -0.05) is 12.1 Å². The quantitative estimate of drug-likeness (QED) is 0.517. The molecule has 0 saturated carbocycles. The zero-order chi connectivity index (χ0) is 27.9. The normalized spacial score (nSPS) is 18.5. The van der Waals surface area contributed by atoms with E-state index in [4.69, 9.17) is 9.47 Å². The van der Waals surface area contributed by atoms with E-state index in [-0.39, 0.29) is 18.5 Å². The van der Waals surface area contributed by atoms with Crippen LogP contribution in [-0.2, 0) is 9.53 Å². The van der Waals surface area contributed by atoms with Crippen molar-refractivity contribution in [1.82, 2.24) is 20.0 Å². The van der Waals surface area contributed by atoms with Crippen molar-refractivity contribution in [2.75, 3.05) is 53.0 Å². The van der Waals surface area contributed by atoms with Gasteiger partial charge in [0, 0.05) is 50.5 Å². The number of ether oxygens (including phenoxy) is 2. The largest absolute Gasteiger partial charge is 0.497 e. The van der Waals surface area contributed by atoms with Crippen molar-refractivity contribution < 1.29 is 28.2 Å². The Labute approximate surface area is 228 Å². The van der Waals surface area contributed by atoms with Gasteiger partial charge in [0.1, 0.15) is 11.6 Å². The molecule has 9 nitrogen and oxygen atoms in total. The number of nitrogens with one attached hydrogen (secondary N) is 1. The minimum Gasteiger partial charge on any atom is -0.497 e. The number of methoxy groups -OCH3 is 1. The van der Waals surface area contributed by atoms with Crippen LogP contribution in [0.1, 0.15) is 42.2 Å². The van der Waals surface area contributed by atoms with Gasteiger partial charge in [-0.2, -0.15) is 0 Å². The van der Waals surface area contributed by atoms with E-state index < -0.39 is 17.8 Å². The molecule has 10 heteroatoms. The molecule has 1 atom stereocenters. The first-order valence-electron chi connectivity index (χ1n) is 13.3. The van der Waals surface area contributed by atoms with Gasteiger partial charge in [-0.3, -0.25) is 14.6 Å². The second kappa shape index (κ2) is 12.8. The van der Waals surface area contributed by atoms with E-state index in [1.807, 2.05) is 11.8 Å². The maximum absolute atomic E-state index is 14.1. The average molecular weight is 539 g/mol. The Hall–Kier alpha value is -3.92. The van der Waals surface area contributed by atoms with Crippen molar-refractivity contribution in [3.8, 4) is 5.75 Å². The molecule has 1 N–H and O–H groups in total. The second-order valence-electron chi connectivity index (χ2n) is 9.41. The zero-order valence-electron chi connectivity index (χ0n) is 22.6. The third-order valence-corrected chi connectivity index (χ3v) is 7.02. The average Bonchev–Trinajstić information content (AvgIpc) is 3.18. The van der Waals surface area contributed by atoms with Crippen LogP contribution in [-0.4, -0.2) is 85.6 Å². The minimum absolute atomic E-state index is 0.0515. The van der Waals surface area contributed by atoms with Crippen LogP contribution in [0.15, 0.2) is 59.8 Å². The van der Waals surface area contributed by atoms with Crippen molar-refractivity contribution in [3.05, 3.63) is 76.7 Å². The van der Waals surface area contributed by atoms with Crippen LogP contribution in [0, 0.1) is 5.82 Å². The Morgan fingerprint density at radius 3 is 2.49 bits per heavy atom. The van der Waals surface area contributed by atoms with Crippen LogP contribution in [0.4, 0.5) is 9.18 Å². The Morgan fingerprint density at radius 1 is 1.05 bits per heavy atom. The van der Waals surface area contributed by atoms with Crippen molar-refractivity contribution in [3.63, 3.8) is 0 Å². The van der Waals surface area contributed by atoms with Gasteiger partial charge < -0.3 is 19.7 Å². The summed E-state index contributed by atoms with van der Waals surface area (Å²) in [4.78, 5) is 45.0. The molecule has 0 aromatic heterocycles. The van der Waals surface area contributed by atoms with Crippen LogP contribution in [0.2, 0.25) is 0 Å². The monoisotopic (exact) mass is 538 g/mol. The summed E-state index contributed by atoms with van der Waals surface area (Å²) in [6.45, 7) is 6.70. The third kappa shape index (κ3) is 6.39. The lowest BCUT2D eigenvalue weighted by Gasteiger charge is -2.38. The lowest BCUT2D eigenvalue weighted by atomic mass is 9.94. The highest BCUT2D eigenvalue weighted by Gasteiger charge is 2.38. The number of carbonyl (C=O) groups is 3. The van der Waals surface area contributed by atoms with Crippen molar-refractivity contribution in [2.24, 2.45) is 0 Å². The molecule has 2 aromatic rings. The molecule has 2 aromatic carbocycles. The molecular weight excluding hydrogens is 503 g/mol. The summed E-state index contributed by atoms with van der Waals surface area (Å²) in [5, 5.41) is 2.86. The summed E-state index contributed by atoms with van der Waals surface area (Å²) in [7, 11) is 1.58. The molecule has 208 valence electrons. The number of carbonyl (C=O) groups excluding carboxylic acids is 3. The van der Waals surface area contributed by atoms with E-state index in [1.165, 1.54) is 17.0 Å². The molecule has 0 spiro atoms. The molecular formula is C29H35FN4O5. The molecule has 39 heavy (non-hydrogen) atoms. The number of nitrogens with zero attached hydrogens (tertiary/aromatic N) is 3. The molecule has 2 aliphatic heterocycles. The Balaban J connectivity index is 1.60. The molecule has 3 amide bonds. The summed E-state index contributed by atoms with van der Waals surface area (Å²) in [6, 6.07) is 11.7. The van der Waals surface area contributed by atoms with Crippen LogP contribution in [0.25, 0.3) is 0 Å². The Kier molecular flexibility index (Phi) is 9.19. The first kappa shape index (κ1) is 28.1. The lowest BCUT2D eigenvalue weighted by molar-refractivity contribution is -0.139. The topological polar surface area (TPSA) is 91.4 Å². The number of hydrogen-bond acceptors (Lipinski definition) is 6. The van der Waals surface area contributed by atoms with Crippen molar-refractivity contribution in [2.45, 2.75) is 26.3 Å². The molecule has 2 aliphatic rings. The van der Waals surface area contributed by atoms with Gasteiger partial charge in [-0.15, -0.1) is 0 Å². The fourth-order valence-electron chi connectivity index (χ4n) is 5.05. The third-order valence-electron chi connectivity index (χ3n) is 7.02. The fourth-order valence-corrected chi connectivity index (χ4v) is 5.05. The number of halogens is 1. The number of amides is 3. The lowest BCUT2D eigenvalue weighted by Crippen LogP contribution is -2.51. The molecule has 0 radical (unpaired) electrons.